The number of hydrogen-bond donors (Lipinski definition) is 1. The van der Waals surface area contributed by atoms with Crippen molar-refractivity contribution in [2.24, 2.45) is 5.16 Å². The van der Waals surface area contributed by atoms with Crippen molar-refractivity contribution in [1.82, 2.24) is 0 Å². The minimum atomic E-state index is 0.486. The van der Waals surface area contributed by atoms with Crippen molar-refractivity contribution in [3.63, 3.8) is 0 Å². The third kappa shape index (κ3) is 9.44. The van der Waals surface area contributed by atoms with Gasteiger partial charge in [0.15, 0.2) is 0 Å². The molecule has 0 spiro atoms. The van der Waals surface area contributed by atoms with Crippen LogP contribution in [-0.2, 0) is 0 Å². The van der Waals surface area contributed by atoms with Gasteiger partial charge in [0.1, 0.15) is 0 Å². The predicted molar refractivity (Wildman–Crippen MR) is 95.8 cm³/mol. The summed E-state index contributed by atoms with van der Waals surface area (Å²) in [5.41, 5.74) is 1.05. The van der Waals surface area contributed by atoms with Crippen LogP contribution in [0.2, 0.25) is 0 Å². The number of hydrogen-bond acceptors (Lipinski definition) is 3. The van der Waals surface area contributed by atoms with Gasteiger partial charge in [0, 0.05) is 5.25 Å². The van der Waals surface area contributed by atoms with E-state index in [0.717, 1.165) is 12.1 Å². The van der Waals surface area contributed by atoms with Crippen molar-refractivity contribution in [2.45, 2.75) is 102 Å². The predicted octanol–water partition coefficient (Wildman–Crippen LogP) is 6.41. The van der Waals surface area contributed by atoms with E-state index in [2.05, 4.69) is 12.1 Å². The first-order valence-electron chi connectivity index (χ1n) is 9.21. The van der Waals surface area contributed by atoms with E-state index in [1.807, 2.05) is 11.8 Å². The molecule has 1 fully saturated rings. The minimum Gasteiger partial charge on any atom is -0.411 e. The van der Waals surface area contributed by atoms with Crippen LogP contribution in [-0.4, -0.2) is 21.9 Å². The lowest BCUT2D eigenvalue weighted by molar-refractivity contribution is 0.315. The molecular weight excluding hydrogens is 278 g/mol. The molecule has 0 aromatic rings. The number of thioether (sulfide) groups is 1. The first-order chi connectivity index (χ1) is 10.4. The Morgan fingerprint density at radius 1 is 0.952 bits per heavy atom. The molecule has 0 heterocycles. The average Bonchev–Trinajstić information content (AvgIpc) is 2.47. The molecule has 1 N–H and O–H groups in total. The summed E-state index contributed by atoms with van der Waals surface area (Å²) in [6, 6.07) is 0. The van der Waals surface area contributed by atoms with Crippen LogP contribution in [0.15, 0.2) is 5.16 Å². The van der Waals surface area contributed by atoms with E-state index in [0.29, 0.717) is 5.25 Å². The number of unbranched alkanes of at least 4 members (excludes halogenated alkanes) is 7. The Morgan fingerprint density at radius 3 is 2.33 bits per heavy atom. The summed E-state index contributed by atoms with van der Waals surface area (Å²) >= 11 is 2.03. The first-order valence-corrected chi connectivity index (χ1v) is 10.3. The Bertz CT molecular complexity index is 268. The lowest BCUT2D eigenvalue weighted by Crippen LogP contribution is -2.19. The summed E-state index contributed by atoms with van der Waals surface area (Å²) in [5, 5.41) is 13.3. The maximum atomic E-state index is 9.20. The maximum Gasteiger partial charge on any atom is 0.0700 e. The second-order valence-electron chi connectivity index (χ2n) is 6.38. The summed E-state index contributed by atoms with van der Waals surface area (Å²) in [5.74, 6) is 1.23. The molecular formula is C18H35NOS. The van der Waals surface area contributed by atoms with Gasteiger partial charge in [0.25, 0.3) is 0 Å². The van der Waals surface area contributed by atoms with Gasteiger partial charge in [-0.1, -0.05) is 76.3 Å². The van der Waals surface area contributed by atoms with Crippen LogP contribution in [0.5, 0.6) is 0 Å². The second-order valence-corrected chi connectivity index (χ2v) is 7.69. The van der Waals surface area contributed by atoms with Gasteiger partial charge in [0.2, 0.25) is 0 Å². The summed E-state index contributed by atoms with van der Waals surface area (Å²) < 4.78 is 0. The molecule has 3 heteroatoms. The van der Waals surface area contributed by atoms with Crippen LogP contribution in [0.25, 0.3) is 0 Å². The standard InChI is InChI=1S/C18H35NOS/c1-2-3-4-5-6-7-10-13-16-21-18-15-12-9-8-11-14-17(18)19-20/h18,20H,2-16H2,1H3. The Labute approximate surface area is 136 Å². The molecule has 1 rings (SSSR count). The molecule has 0 amide bonds. The van der Waals surface area contributed by atoms with Gasteiger partial charge in [-0.25, -0.2) is 0 Å². The van der Waals surface area contributed by atoms with Crippen molar-refractivity contribution in [2.75, 3.05) is 5.75 Å². The zero-order valence-electron chi connectivity index (χ0n) is 14.0. The van der Waals surface area contributed by atoms with Crippen molar-refractivity contribution in [1.29, 1.82) is 0 Å². The lowest BCUT2D eigenvalue weighted by atomic mass is 9.99. The molecule has 0 saturated heterocycles. The first kappa shape index (κ1) is 18.9. The molecule has 1 aliphatic rings. The Kier molecular flexibility index (Phi) is 12.1. The zero-order chi connectivity index (χ0) is 15.2. The largest absolute Gasteiger partial charge is 0.411 e. The Hall–Kier alpha value is -0.180. The van der Waals surface area contributed by atoms with Gasteiger partial charge >= 0.3 is 0 Å². The fourth-order valence-corrected chi connectivity index (χ4v) is 4.42. The van der Waals surface area contributed by atoms with Gasteiger partial charge in [-0.05, 0) is 31.4 Å². The van der Waals surface area contributed by atoms with E-state index >= 15 is 0 Å². The molecule has 0 aliphatic heterocycles. The van der Waals surface area contributed by atoms with Gasteiger partial charge in [0.05, 0.1) is 5.71 Å². The average molecular weight is 314 g/mol. The molecule has 2 nitrogen and oxygen atoms in total. The highest BCUT2D eigenvalue weighted by Gasteiger charge is 2.18. The second kappa shape index (κ2) is 13.5. The van der Waals surface area contributed by atoms with Crippen LogP contribution in [0.4, 0.5) is 0 Å². The minimum absolute atomic E-state index is 0.486. The summed E-state index contributed by atoms with van der Waals surface area (Å²) in [6.45, 7) is 2.27. The molecule has 0 aromatic carbocycles. The van der Waals surface area contributed by atoms with Gasteiger partial charge in [-0.2, -0.15) is 11.8 Å². The van der Waals surface area contributed by atoms with E-state index in [9.17, 15) is 5.21 Å². The molecule has 0 bridgehead atoms. The highest BCUT2D eigenvalue weighted by atomic mass is 32.2. The summed E-state index contributed by atoms with van der Waals surface area (Å²) in [6.07, 6.45) is 18.5. The van der Waals surface area contributed by atoms with Crippen molar-refractivity contribution in [3.8, 4) is 0 Å². The van der Waals surface area contributed by atoms with E-state index < -0.39 is 0 Å². The SMILES string of the molecule is CCCCCCCCCCSC1CCCCCCC1=NO. The highest BCUT2D eigenvalue weighted by molar-refractivity contribution is 8.00. The maximum absolute atomic E-state index is 9.20. The van der Waals surface area contributed by atoms with Crippen molar-refractivity contribution >= 4 is 17.5 Å². The molecule has 0 aromatic heterocycles. The van der Waals surface area contributed by atoms with E-state index in [1.165, 1.54) is 89.2 Å². The van der Waals surface area contributed by atoms with E-state index in [4.69, 9.17) is 0 Å². The molecule has 1 atom stereocenters. The van der Waals surface area contributed by atoms with Gasteiger partial charge in [-0.3, -0.25) is 0 Å². The molecule has 0 radical (unpaired) electrons. The third-order valence-corrected chi connectivity index (χ3v) is 5.90. The van der Waals surface area contributed by atoms with Gasteiger partial charge in [-0.15, -0.1) is 0 Å². The van der Waals surface area contributed by atoms with Crippen LogP contribution < -0.4 is 0 Å². The number of rotatable bonds is 10. The third-order valence-electron chi connectivity index (χ3n) is 4.47. The highest BCUT2D eigenvalue weighted by Crippen LogP contribution is 2.26. The molecule has 124 valence electrons. The number of oxime groups is 1. The smallest absolute Gasteiger partial charge is 0.0700 e. The monoisotopic (exact) mass is 313 g/mol. The lowest BCUT2D eigenvalue weighted by Gasteiger charge is -2.20. The van der Waals surface area contributed by atoms with Crippen molar-refractivity contribution < 1.29 is 5.21 Å². The van der Waals surface area contributed by atoms with E-state index in [1.54, 1.807) is 0 Å². The topological polar surface area (TPSA) is 32.6 Å². The van der Waals surface area contributed by atoms with Crippen LogP contribution in [0.3, 0.4) is 0 Å². The molecule has 1 aliphatic carbocycles. The van der Waals surface area contributed by atoms with Gasteiger partial charge < -0.3 is 5.21 Å². The fraction of sp³-hybridized carbons (Fsp3) is 0.944. The van der Waals surface area contributed by atoms with Crippen LogP contribution >= 0.6 is 11.8 Å². The molecule has 1 unspecified atom stereocenters. The normalized spacial score (nSPS) is 22.1. The quantitative estimate of drug-likeness (QED) is 0.287. The summed E-state index contributed by atoms with van der Waals surface area (Å²) in [4.78, 5) is 0. The zero-order valence-corrected chi connectivity index (χ0v) is 14.8. The number of nitrogens with zero attached hydrogens (tertiary/aromatic N) is 1. The fourth-order valence-electron chi connectivity index (χ4n) is 3.07. The molecule has 1 saturated carbocycles. The molecule has 21 heavy (non-hydrogen) atoms. The van der Waals surface area contributed by atoms with Crippen molar-refractivity contribution in [3.05, 3.63) is 0 Å². The summed E-state index contributed by atoms with van der Waals surface area (Å²) in [7, 11) is 0. The Balaban J connectivity index is 2.04. The van der Waals surface area contributed by atoms with Crippen LogP contribution in [0, 0.1) is 0 Å². The Morgan fingerprint density at radius 2 is 1.62 bits per heavy atom. The van der Waals surface area contributed by atoms with E-state index in [-0.39, 0.29) is 0 Å². The van der Waals surface area contributed by atoms with Crippen LogP contribution in [0.1, 0.15) is 96.8 Å².